The van der Waals surface area contributed by atoms with Gasteiger partial charge in [-0.3, -0.25) is 4.98 Å². The van der Waals surface area contributed by atoms with Crippen LogP contribution < -0.4 is 0 Å². The van der Waals surface area contributed by atoms with E-state index in [0.717, 1.165) is 59.8 Å². The number of benzene rings is 2. The molecule has 0 aliphatic heterocycles. The minimum Gasteiger partial charge on any atom is -0.452 e. The fourth-order valence-electron chi connectivity index (χ4n) is 3.99. The normalized spacial score (nSPS) is 13.6. The minimum atomic E-state index is -0.369. The lowest BCUT2D eigenvalue weighted by molar-refractivity contribution is 0.0439. The Kier molecular flexibility index (Phi) is 4.97. The third-order valence-electron chi connectivity index (χ3n) is 5.44. The summed E-state index contributed by atoms with van der Waals surface area (Å²) in [6, 6.07) is 17.3. The first kappa shape index (κ1) is 18.5. The summed E-state index contributed by atoms with van der Waals surface area (Å²) in [4.78, 5) is 18.0. The second-order valence-electron chi connectivity index (χ2n) is 7.43. The van der Waals surface area contributed by atoms with Crippen molar-refractivity contribution in [1.82, 2.24) is 15.2 Å². The Morgan fingerprint density at radius 3 is 2.63 bits per heavy atom. The van der Waals surface area contributed by atoms with Gasteiger partial charge >= 0.3 is 5.97 Å². The van der Waals surface area contributed by atoms with Gasteiger partial charge in [0.25, 0.3) is 5.89 Å². The van der Waals surface area contributed by atoms with Crippen LogP contribution in [0.25, 0.3) is 22.4 Å². The molecule has 150 valence electrons. The molecule has 0 amide bonds. The van der Waals surface area contributed by atoms with Gasteiger partial charge in [0, 0.05) is 16.6 Å². The van der Waals surface area contributed by atoms with Gasteiger partial charge in [-0.25, -0.2) is 4.79 Å². The molecule has 0 saturated heterocycles. The molecule has 6 heteroatoms. The highest BCUT2D eigenvalue weighted by Gasteiger charge is 2.23. The number of carbonyl (C=O) groups is 1. The quantitative estimate of drug-likeness (QED) is 0.358. The van der Waals surface area contributed by atoms with Gasteiger partial charge in [0.1, 0.15) is 0 Å². The van der Waals surface area contributed by atoms with Crippen LogP contribution in [-0.4, -0.2) is 21.2 Å². The minimum absolute atomic E-state index is 0.0654. The molecule has 0 fully saturated rings. The van der Waals surface area contributed by atoms with E-state index in [-0.39, 0.29) is 18.5 Å². The van der Waals surface area contributed by atoms with Crippen molar-refractivity contribution in [2.45, 2.75) is 38.7 Å². The average Bonchev–Trinajstić information content (AvgIpc) is 3.15. The fraction of sp³-hybridized carbons (Fsp3) is 0.250. The topological polar surface area (TPSA) is 78.1 Å². The van der Waals surface area contributed by atoms with E-state index in [9.17, 15) is 4.79 Å². The van der Waals surface area contributed by atoms with Crippen molar-refractivity contribution in [3.05, 3.63) is 77.3 Å². The van der Waals surface area contributed by atoms with Crippen LogP contribution >= 0.6 is 0 Å². The maximum absolute atomic E-state index is 13.2. The molecule has 2 aromatic carbocycles. The van der Waals surface area contributed by atoms with Crippen molar-refractivity contribution in [1.29, 1.82) is 0 Å². The van der Waals surface area contributed by atoms with Crippen molar-refractivity contribution in [3.63, 3.8) is 0 Å². The van der Waals surface area contributed by atoms with Crippen molar-refractivity contribution < 1.29 is 13.9 Å². The number of para-hydroxylation sites is 1. The number of hydrogen-bond donors (Lipinski definition) is 0. The molecule has 1 aliphatic rings. The number of esters is 1. The van der Waals surface area contributed by atoms with Gasteiger partial charge in [0.05, 0.1) is 11.1 Å². The number of hydrogen-bond acceptors (Lipinski definition) is 6. The first-order chi connectivity index (χ1) is 14.8. The lowest BCUT2D eigenvalue weighted by Crippen LogP contribution is -2.12. The first-order valence-electron chi connectivity index (χ1n) is 10.2. The van der Waals surface area contributed by atoms with Gasteiger partial charge in [-0.05, 0) is 49.4 Å². The molecule has 0 N–H and O–H groups in total. The number of rotatable bonds is 4. The number of fused-ring (bicyclic) bond motifs is 2. The lowest BCUT2D eigenvalue weighted by atomic mass is 9.97. The number of aryl methyl sites for hydroxylation is 1. The Hall–Kier alpha value is -3.54. The third kappa shape index (κ3) is 3.56. The molecule has 0 radical (unpaired) electrons. The van der Waals surface area contributed by atoms with E-state index in [1.807, 2.05) is 54.6 Å². The Labute approximate surface area is 173 Å². The molecular formula is C24H21N3O3. The maximum atomic E-state index is 13.2. The number of aromatic nitrogens is 3. The fourth-order valence-corrected chi connectivity index (χ4v) is 3.99. The van der Waals surface area contributed by atoms with Crippen LogP contribution in [0.1, 0.15) is 46.8 Å². The highest BCUT2D eigenvalue weighted by atomic mass is 16.5. The standard InChI is InChI=1S/C24H21N3O3/c28-24(29-15-21-26-27-23(30-21)16-9-3-1-4-10-16)22-17-11-5-2-6-13-19(17)25-20-14-8-7-12-18(20)22/h1,3-4,7-10,12,14H,2,5-6,11,13,15H2. The number of carbonyl (C=O) groups excluding carboxylic acids is 1. The molecule has 0 bridgehead atoms. The molecular weight excluding hydrogens is 378 g/mol. The predicted molar refractivity (Wildman–Crippen MR) is 112 cm³/mol. The number of nitrogens with zero attached hydrogens (tertiary/aromatic N) is 3. The van der Waals surface area contributed by atoms with E-state index in [0.29, 0.717) is 11.5 Å². The van der Waals surface area contributed by atoms with Crippen molar-refractivity contribution >= 4 is 16.9 Å². The number of ether oxygens (including phenoxy) is 1. The highest BCUT2D eigenvalue weighted by molar-refractivity contribution is 6.05. The van der Waals surface area contributed by atoms with E-state index in [4.69, 9.17) is 14.1 Å². The summed E-state index contributed by atoms with van der Waals surface area (Å²) in [7, 11) is 0. The Balaban J connectivity index is 1.43. The zero-order valence-corrected chi connectivity index (χ0v) is 16.5. The Morgan fingerprint density at radius 1 is 0.933 bits per heavy atom. The summed E-state index contributed by atoms with van der Waals surface area (Å²) in [6.45, 7) is -0.0654. The van der Waals surface area contributed by atoms with Gasteiger partial charge in [-0.15, -0.1) is 10.2 Å². The second-order valence-corrected chi connectivity index (χ2v) is 7.43. The zero-order chi connectivity index (χ0) is 20.3. The Morgan fingerprint density at radius 2 is 1.73 bits per heavy atom. The smallest absolute Gasteiger partial charge is 0.339 e. The van der Waals surface area contributed by atoms with Crippen LogP contribution in [0.5, 0.6) is 0 Å². The zero-order valence-electron chi connectivity index (χ0n) is 16.5. The number of pyridine rings is 1. The molecule has 0 atom stereocenters. The van der Waals surface area contributed by atoms with Gasteiger partial charge in [-0.2, -0.15) is 0 Å². The van der Waals surface area contributed by atoms with Crippen molar-refractivity contribution in [2.75, 3.05) is 0 Å². The summed E-state index contributed by atoms with van der Waals surface area (Å²) in [5.74, 6) is 0.308. The second kappa shape index (κ2) is 8.06. The summed E-state index contributed by atoms with van der Waals surface area (Å²) < 4.78 is 11.3. The molecule has 0 unspecified atom stereocenters. The van der Waals surface area contributed by atoms with Crippen LogP contribution in [0.4, 0.5) is 0 Å². The van der Waals surface area contributed by atoms with E-state index in [1.54, 1.807) is 0 Å². The first-order valence-corrected chi connectivity index (χ1v) is 10.2. The maximum Gasteiger partial charge on any atom is 0.339 e. The molecule has 4 aromatic rings. The van der Waals surface area contributed by atoms with Crippen molar-refractivity contribution in [3.8, 4) is 11.5 Å². The Bertz CT molecular complexity index is 1200. The van der Waals surface area contributed by atoms with E-state index < -0.39 is 0 Å². The summed E-state index contributed by atoms with van der Waals surface area (Å²) in [5.41, 5.74) is 4.32. The largest absolute Gasteiger partial charge is 0.452 e. The van der Waals surface area contributed by atoms with Gasteiger partial charge < -0.3 is 9.15 Å². The summed E-state index contributed by atoms with van der Waals surface area (Å²) in [5, 5.41) is 8.90. The molecule has 0 spiro atoms. The van der Waals surface area contributed by atoms with E-state index >= 15 is 0 Å². The lowest BCUT2D eigenvalue weighted by Gasteiger charge is -2.14. The van der Waals surface area contributed by atoms with Gasteiger partial charge in [0.2, 0.25) is 5.89 Å². The molecule has 5 rings (SSSR count). The molecule has 1 aliphatic carbocycles. The SMILES string of the molecule is O=C(OCc1nnc(-c2ccccc2)o1)c1c2c(nc3ccccc13)CCCCC2. The molecule has 2 aromatic heterocycles. The average molecular weight is 399 g/mol. The van der Waals surface area contributed by atoms with E-state index in [1.165, 1.54) is 0 Å². The molecule has 2 heterocycles. The molecule has 0 saturated carbocycles. The highest BCUT2D eigenvalue weighted by Crippen LogP contribution is 2.29. The molecule has 6 nitrogen and oxygen atoms in total. The monoisotopic (exact) mass is 399 g/mol. The van der Waals surface area contributed by atoms with Crippen molar-refractivity contribution in [2.24, 2.45) is 0 Å². The van der Waals surface area contributed by atoms with E-state index in [2.05, 4.69) is 10.2 Å². The predicted octanol–water partition coefficient (Wildman–Crippen LogP) is 4.91. The van der Waals surface area contributed by atoms with Crippen LogP contribution in [0.3, 0.4) is 0 Å². The van der Waals surface area contributed by atoms with Crippen LogP contribution in [0, 0.1) is 0 Å². The van der Waals surface area contributed by atoms with Crippen LogP contribution in [0.2, 0.25) is 0 Å². The van der Waals surface area contributed by atoms with Crippen LogP contribution in [-0.2, 0) is 24.2 Å². The van der Waals surface area contributed by atoms with Gasteiger partial charge in [0.15, 0.2) is 6.61 Å². The summed E-state index contributed by atoms with van der Waals surface area (Å²) in [6.07, 6.45) is 5.03. The van der Waals surface area contributed by atoms with Crippen LogP contribution in [0.15, 0.2) is 59.0 Å². The van der Waals surface area contributed by atoms with Gasteiger partial charge in [-0.1, -0.05) is 42.8 Å². The summed E-state index contributed by atoms with van der Waals surface area (Å²) >= 11 is 0. The third-order valence-corrected chi connectivity index (χ3v) is 5.44. The molecule has 30 heavy (non-hydrogen) atoms.